The van der Waals surface area contributed by atoms with Crippen LogP contribution in [0.1, 0.15) is 36.4 Å². The number of thiocarbonyl (C=S) groups is 1. The molecule has 1 aliphatic rings. The van der Waals surface area contributed by atoms with Crippen molar-refractivity contribution in [2.45, 2.75) is 25.3 Å². The minimum atomic E-state index is -0.204. The Labute approximate surface area is 153 Å². The molecule has 2 heterocycles. The number of pyridine rings is 1. The molecule has 3 rings (SSSR count). The topological polar surface area (TPSA) is 45.2 Å². The number of benzene rings is 1. The molecular weight excluding hydrogens is 330 g/mol. The van der Waals surface area contributed by atoms with Gasteiger partial charge in [0.25, 0.3) is 0 Å². The second-order valence-corrected chi connectivity index (χ2v) is 6.42. The van der Waals surface area contributed by atoms with Gasteiger partial charge in [0.2, 0.25) is 5.91 Å². The molecule has 1 amide bonds. The van der Waals surface area contributed by atoms with Gasteiger partial charge in [-0.2, -0.15) is 0 Å². The Morgan fingerprint density at radius 3 is 2.80 bits per heavy atom. The van der Waals surface area contributed by atoms with Gasteiger partial charge in [0, 0.05) is 25.0 Å². The zero-order valence-corrected chi connectivity index (χ0v) is 14.8. The number of rotatable bonds is 3. The van der Waals surface area contributed by atoms with Crippen molar-refractivity contribution < 1.29 is 4.79 Å². The highest BCUT2D eigenvalue weighted by Crippen LogP contribution is 2.30. The van der Waals surface area contributed by atoms with Crippen LogP contribution in [-0.2, 0) is 4.79 Å². The number of piperidine rings is 1. The lowest BCUT2D eigenvalue weighted by atomic mass is 9.97. The van der Waals surface area contributed by atoms with Gasteiger partial charge in [0.1, 0.15) is 0 Å². The van der Waals surface area contributed by atoms with E-state index in [1.807, 2.05) is 42.6 Å². The Hall–Kier alpha value is -2.53. The van der Waals surface area contributed by atoms with Crippen LogP contribution in [0.4, 0.5) is 0 Å². The summed E-state index contributed by atoms with van der Waals surface area (Å²) in [5.74, 6) is -0.204. The number of aromatic nitrogens is 1. The molecule has 5 heteroatoms. The van der Waals surface area contributed by atoms with Crippen molar-refractivity contribution in [3.63, 3.8) is 0 Å². The average Bonchev–Trinajstić information content (AvgIpc) is 2.68. The predicted octanol–water partition coefficient (Wildman–Crippen LogP) is 3.72. The van der Waals surface area contributed by atoms with Gasteiger partial charge in [-0.3, -0.25) is 15.1 Å². The second kappa shape index (κ2) is 8.53. The third kappa shape index (κ3) is 4.73. The Morgan fingerprint density at radius 2 is 2.04 bits per heavy atom. The van der Waals surface area contributed by atoms with Crippen LogP contribution < -0.4 is 5.32 Å². The number of hydrogen-bond acceptors (Lipinski definition) is 3. The van der Waals surface area contributed by atoms with Crippen molar-refractivity contribution in [1.29, 1.82) is 0 Å². The summed E-state index contributed by atoms with van der Waals surface area (Å²) >= 11 is 5.50. The molecule has 1 unspecified atom stereocenters. The highest BCUT2D eigenvalue weighted by Gasteiger charge is 2.26. The Balaban J connectivity index is 1.64. The van der Waals surface area contributed by atoms with Gasteiger partial charge in [-0.25, -0.2) is 0 Å². The molecule has 1 fully saturated rings. The lowest BCUT2D eigenvalue weighted by molar-refractivity contribution is -0.115. The molecule has 1 aromatic carbocycles. The zero-order valence-electron chi connectivity index (χ0n) is 14.0. The quantitative estimate of drug-likeness (QED) is 0.676. The number of carbonyl (C=O) groups is 1. The fourth-order valence-corrected chi connectivity index (χ4v) is 3.37. The lowest BCUT2D eigenvalue weighted by Crippen LogP contribution is -2.46. The zero-order chi connectivity index (χ0) is 17.5. The van der Waals surface area contributed by atoms with Crippen molar-refractivity contribution in [2.24, 2.45) is 0 Å². The molecule has 1 saturated heterocycles. The first kappa shape index (κ1) is 17.3. The molecule has 128 valence electrons. The van der Waals surface area contributed by atoms with Gasteiger partial charge in [-0.1, -0.05) is 36.4 Å². The highest BCUT2D eigenvalue weighted by atomic mass is 32.1. The average molecular weight is 351 g/mol. The summed E-state index contributed by atoms with van der Waals surface area (Å²) in [6.45, 7) is 0.848. The summed E-state index contributed by atoms with van der Waals surface area (Å²) in [7, 11) is 0. The fraction of sp³-hybridized carbons (Fsp3) is 0.250. The van der Waals surface area contributed by atoms with Crippen LogP contribution in [0.3, 0.4) is 0 Å². The van der Waals surface area contributed by atoms with Crippen molar-refractivity contribution >= 4 is 29.3 Å². The van der Waals surface area contributed by atoms with Crippen molar-refractivity contribution in [2.75, 3.05) is 6.54 Å². The van der Waals surface area contributed by atoms with Crippen LogP contribution in [0, 0.1) is 0 Å². The van der Waals surface area contributed by atoms with Crippen LogP contribution in [0.5, 0.6) is 0 Å². The molecule has 0 radical (unpaired) electrons. The summed E-state index contributed by atoms with van der Waals surface area (Å²) in [6.07, 6.45) is 10.2. The first-order valence-corrected chi connectivity index (χ1v) is 8.89. The Kier molecular flexibility index (Phi) is 5.90. The molecule has 0 spiro atoms. The maximum absolute atomic E-state index is 12.2. The summed E-state index contributed by atoms with van der Waals surface area (Å²) in [6, 6.07) is 13.9. The minimum Gasteiger partial charge on any atom is -0.342 e. The van der Waals surface area contributed by atoms with Crippen LogP contribution in [0.15, 0.2) is 60.9 Å². The monoisotopic (exact) mass is 351 g/mol. The van der Waals surface area contributed by atoms with E-state index in [1.165, 1.54) is 6.08 Å². The standard InChI is InChI=1S/C20H21N3OS/c24-19(12-11-16-7-2-1-3-8-16)22-20(25)23-14-5-4-10-18(23)17-9-6-13-21-15-17/h1-3,6-9,11-13,15,18H,4-5,10,14H2,(H,22,24,25)/b12-11+. The van der Waals surface area contributed by atoms with Crippen molar-refractivity contribution in [3.05, 3.63) is 72.1 Å². The number of hydrogen-bond donors (Lipinski definition) is 1. The molecule has 25 heavy (non-hydrogen) atoms. The molecule has 0 aliphatic carbocycles. The summed E-state index contributed by atoms with van der Waals surface area (Å²) in [4.78, 5) is 18.5. The van der Waals surface area contributed by atoms with Gasteiger partial charge < -0.3 is 4.90 Å². The van der Waals surface area contributed by atoms with E-state index in [4.69, 9.17) is 12.2 Å². The largest absolute Gasteiger partial charge is 0.342 e. The Bertz CT molecular complexity index is 746. The van der Waals surface area contributed by atoms with Gasteiger partial charge >= 0.3 is 0 Å². The van der Waals surface area contributed by atoms with E-state index in [1.54, 1.807) is 12.3 Å². The van der Waals surface area contributed by atoms with E-state index in [0.29, 0.717) is 5.11 Å². The van der Waals surface area contributed by atoms with Crippen LogP contribution in [0.25, 0.3) is 6.08 Å². The molecule has 4 nitrogen and oxygen atoms in total. The number of likely N-dealkylation sites (tertiary alicyclic amines) is 1. The maximum Gasteiger partial charge on any atom is 0.250 e. The highest BCUT2D eigenvalue weighted by molar-refractivity contribution is 7.80. The van der Waals surface area contributed by atoms with Crippen LogP contribution in [0.2, 0.25) is 0 Å². The third-order valence-corrected chi connectivity index (χ3v) is 4.63. The van der Waals surface area contributed by atoms with Crippen molar-refractivity contribution in [1.82, 2.24) is 15.2 Å². The molecular formula is C20H21N3OS. The summed E-state index contributed by atoms with van der Waals surface area (Å²) in [5, 5.41) is 3.31. The molecule has 1 N–H and O–H groups in total. The number of nitrogens with zero attached hydrogens (tertiary/aromatic N) is 2. The maximum atomic E-state index is 12.2. The number of carbonyl (C=O) groups excluding carboxylic acids is 1. The van der Waals surface area contributed by atoms with Gasteiger partial charge in [0.15, 0.2) is 5.11 Å². The predicted molar refractivity (Wildman–Crippen MR) is 104 cm³/mol. The Morgan fingerprint density at radius 1 is 1.20 bits per heavy atom. The van der Waals surface area contributed by atoms with Crippen LogP contribution in [-0.4, -0.2) is 27.4 Å². The minimum absolute atomic E-state index is 0.174. The smallest absolute Gasteiger partial charge is 0.250 e. The molecule has 1 aliphatic heterocycles. The van der Waals surface area contributed by atoms with E-state index < -0.39 is 0 Å². The second-order valence-electron chi connectivity index (χ2n) is 6.03. The molecule has 0 bridgehead atoms. The molecule has 1 atom stereocenters. The number of amides is 1. The van der Waals surface area contributed by atoms with E-state index in [2.05, 4.69) is 21.3 Å². The fourth-order valence-electron chi connectivity index (χ4n) is 3.05. The van der Waals surface area contributed by atoms with Gasteiger partial charge in [-0.05, 0) is 54.7 Å². The van der Waals surface area contributed by atoms with Crippen LogP contribution >= 0.6 is 12.2 Å². The molecule has 2 aromatic rings. The van der Waals surface area contributed by atoms with Crippen molar-refractivity contribution in [3.8, 4) is 0 Å². The first-order chi connectivity index (χ1) is 12.2. The molecule has 0 saturated carbocycles. The van der Waals surface area contributed by atoms with E-state index in [0.717, 1.165) is 36.9 Å². The molecule has 1 aromatic heterocycles. The third-order valence-electron chi connectivity index (χ3n) is 4.29. The normalized spacial score (nSPS) is 17.4. The van der Waals surface area contributed by atoms with Gasteiger partial charge in [-0.15, -0.1) is 0 Å². The SMILES string of the molecule is O=C(/C=C/c1ccccc1)NC(=S)N1CCCCC1c1cccnc1. The summed E-state index contributed by atoms with van der Waals surface area (Å²) in [5.41, 5.74) is 2.12. The lowest BCUT2D eigenvalue weighted by Gasteiger charge is -2.37. The van der Waals surface area contributed by atoms with E-state index in [-0.39, 0.29) is 11.9 Å². The number of nitrogens with one attached hydrogen (secondary N) is 1. The van der Waals surface area contributed by atoms with E-state index in [9.17, 15) is 4.79 Å². The first-order valence-electron chi connectivity index (χ1n) is 8.48. The summed E-state index contributed by atoms with van der Waals surface area (Å²) < 4.78 is 0. The van der Waals surface area contributed by atoms with E-state index >= 15 is 0 Å². The van der Waals surface area contributed by atoms with Gasteiger partial charge in [0.05, 0.1) is 6.04 Å².